The third-order valence-electron chi connectivity index (χ3n) is 1.69. The number of halogens is 1. The number of aryl methyl sites for hydroxylation is 1. The van der Waals surface area contributed by atoms with Crippen LogP contribution in [0, 0.1) is 12.7 Å². The summed E-state index contributed by atoms with van der Waals surface area (Å²) in [6.07, 6.45) is -0.845. The minimum Gasteiger partial charge on any atom is -0.381 e. The highest BCUT2D eigenvalue weighted by molar-refractivity contribution is 5.60. The van der Waals surface area contributed by atoms with Crippen molar-refractivity contribution < 1.29 is 14.3 Å². The molecule has 1 aromatic carbocycles. The van der Waals surface area contributed by atoms with Crippen LogP contribution in [0.15, 0.2) is 18.2 Å². The summed E-state index contributed by atoms with van der Waals surface area (Å²) in [6.45, 7) is 1.71. The van der Waals surface area contributed by atoms with Gasteiger partial charge in [0.1, 0.15) is 11.9 Å². The first-order chi connectivity index (χ1) is 5.65. The van der Waals surface area contributed by atoms with Gasteiger partial charge < -0.3 is 9.90 Å². The number of benzene rings is 1. The first-order valence-electron chi connectivity index (χ1n) is 3.54. The van der Waals surface area contributed by atoms with Gasteiger partial charge in [0, 0.05) is 0 Å². The van der Waals surface area contributed by atoms with E-state index in [1.165, 1.54) is 12.1 Å². The highest BCUT2D eigenvalue weighted by Crippen LogP contribution is 2.16. The summed E-state index contributed by atoms with van der Waals surface area (Å²) in [5, 5.41) is 9.10. The monoisotopic (exact) mass is 168 g/mol. The molecule has 1 rings (SSSR count). The predicted molar refractivity (Wildman–Crippen MR) is 42.2 cm³/mol. The Labute approximate surface area is 69.6 Å². The van der Waals surface area contributed by atoms with Crippen molar-refractivity contribution in [3.63, 3.8) is 0 Å². The molecular formula is C9H9FO2. The largest absolute Gasteiger partial charge is 0.381 e. The molecule has 0 aliphatic heterocycles. The maximum absolute atomic E-state index is 12.6. The van der Waals surface area contributed by atoms with Crippen LogP contribution in [0.4, 0.5) is 4.39 Å². The molecule has 0 heterocycles. The first-order valence-corrected chi connectivity index (χ1v) is 3.54. The van der Waals surface area contributed by atoms with Crippen LogP contribution in [-0.2, 0) is 4.79 Å². The second kappa shape index (κ2) is 3.45. The molecule has 0 bridgehead atoms. The molecule has 1 aromatic rings. The van der Waals surface area contributed by atoms with Gasteiger partial charge in [-0.25, -0.2) is 4.39 Å². The van der Waals surface area contributed by atoms with Crippen molar-refractivity contribution in [1.82, 2.24) is 0 Å². The predicted octanol–water partition coefficient (Wildman–Crippen LogP) is 1.37. The van der Waals surface area contributed by atoms with E-state index in [-0.39, 0.29) is 0 Å². The van der Waals surface area contributed by atoms with Gasteiger partial charge in [0.15, 0.2) is 6.29 Å². The molecule has 2 nitrogen and oxygen atoms in total. The fraction of sp³-hybridized carbons (Fsp3) is 0.222. The second-order valence-electron chi connectivity index (χ2n) is 2.58. The lowest BCUT2D eigenvalue weighted by Crippen LogP contribution is -2.01. The van der Waals surface area contributed by atoms with Gasteiger partial charge in [-0.1, -0.05) is 6.07 Å². The van der Waals surface area contributed by atoms with Gasteiger partial charge in [0.2, 0.25) is 0 Å². The van der Waals surface area contributed by atoms with Crippen LogP contribution < -0.4 is 0 Å². The molecule has 1 atom stereocenters. The average Bonchev–Trinajstić information content (AvgIpc) is 2.08. The standard InChI is InChI=1S/C9H9FO2/c1-6-2-3-7(10)4-8(6)9(12)5-11/h2-5,9,12H,1H3. The van der Waals surface area contributed by atoms with Gasteiger partial charge in [-0.05, 0) is 30.2 Å². The minimum absolute atomic E-state index is 0.324. The Balaban J connectivity index is 3.12. The number of aliphatic hydroxyl groups excluding tert-OH is 1. The summed E-state index contributed by atoms with van der Waals surface area (Å²) in [5.74, 6) is -0.448. The van der Waals surface area contributed by atoms with E-state index < -0.39 is 11.9 Å². The molecule has 0 radical (unpaired) electrons. The molecule has 1 N–H and O–H groups in total. The van der Waals surface area contributed by atoms with Gasteiger partial charge in [-0.15, -0.1) is 0 Å². The molecule has 0 saturated carbocycles. The quantitative estimate of drug-likeness (QED) is 0.677. The van der Waals surface area contributed by atoms with Gasteiger partial charge in [-0.3, -0.25) is 0 Å². The summed E-state index contributed by atoms with van der Waals surface area (Å²) in [4.78, 5) is 10.2. The van der Waals surface area contributed by atoms with Crippen molar-refractivity contribution in [3.05, 3.63) is 35.1 Å². The minimum atomic E-state index is -1.22. The van der Waals surface area contributed by atoms with E-state index in [2.05, 4.69) is 0 Å². The molecule has 0 saturated heterocycles. The van der Waals surface area contributed by atoms with E-state index in [9.17, 15) is 9.18 Å². The van der Waals surface area contributed by atoms with Crippen LogP contribution in [0.2, 0.25) is 0 Å². The Hall–Kier alpha value is -1.22. The second-order valence-corrected chi connectivity index (χ2v) is 2.58. The molecule has 0 aromatic heterocycles. The Morgan fingerprint density at radius 1 is 1.58 bits per heavy atom. The highest BCUT2D eigenvalue weighted by Gasteiger charge is 2.09. The summed E-state index contributed by atoms with van der Waals surface area (Å²) < 4.78 is 12.6. The van der Waals surface area contributed by atoms with E-state index in [1.54, 1.807) is 6.92 Å². The van der Waals surface area contributed by atoms with Crippen LogP contribution in [0.5, 0.6) is 0 Å². The SMILES string of the molecule is Cc1ccc(F)cc1C(O)C=O. The van der Waals surface area contributed by atoms with Crippen molar-refractivity contribution in [2.24, 2.45) is 0 Å². The number of rotatable bonds is 2. The summed E-state index contributed by atoms with van der Waals surface area (Å²) in [5.41, 5.74) is 1.03. The Kier molecular flexibility index (Phi) is 2.55. The Morgan fingerprint density at radius 2 is 2.25 bits per heavy atom. The summed E-state index contributed by atoms with van der Waals surface area (Å²) >= 11 is 0. The van der Waals surface area contributed by atoms with Crippen molar-refractivity contribution in [3.8, 4) is 0 Å². The van der Waals surface area contributed by atoms with Gasteiger partial charge in [0.25, 0.3) is 0 Å². The fourth-order valence-corrected chi connectivity index (χ4v) is 1.00. The summed E-state index contributed by atoms with van der Waals surface area (Å²) in [7, 11) is 0. The third-order valence-corrected chi connectivity index (χ3v) is 1.69. The molecule has 64 valence electrons. The average molecular weight is 168 g/mol. The van der Waals surface area contributed by atoms with Gasteiger partial charge in [0.05, 0.1) is 0 Å². The van der Waals surface area contributed by atoms with Crippen LogP contribution >= 0.6 is 0 Å². The van der Waals surface area contributed by atoms with Crippen LogP contribution in [-0.4, -0.2) is 11.4 Å². The summed E-state index contributed by atoms with van der Waals surface area (Å²) in [6, 6.07) is 3.97. The van der Waals surface area contributed by atoms with Crippen molar-refractivity contribution >= 4 is 6.29 Å². The molecule has 0 aliphatic rings. The molecule has 1 unspecified atom stereocenters. The number of hydrogen-bond donors (Lipinski definition) is 1. The highest BCUT2D eigenvalue weighted by atomic mass is 19.1. The molecular weight excluding hydrogens is 159 g/mol. The number of carbonyl (C=O) groups excluding carboxylic acids is 1. The number of aliphatic hydroxyl groups is 1. The third kappa shape index (κ3) is 1.68. The van der Waals surface area contributed by atoms with Crippen LogP contribution in [0.25, 0.3) is 0 Å². The van der Waals surface area contributed by atoms with Gasteiger partial charge in [-0.2, -0.15) is 0 Å². The molecule has 0 aliphatic carbocycles. The van der Waals surface area contributed by atoms with Crippen molar-refractivity contribution in [2.45, 2.75) is 13.0 Å². The van der Waals surface area contributed by atoms with E-state index in [0.29, 0.717) is 17.4 Å². The lowest BCUT2D eigenvalue weighted by molar-refractivity contribution is -0.115. The maximum atomic E-state index is 12.6. The Morgan fingerprint density at radius 3 is 2.83 bits per heavy atom. The van der Waals surface area contributed by atoms with E-state index in [1.807, 2.05) is 0 Å². The van der Waals surface area contributed by atoms with Crippen molar-refractivity contribution in [2.75, 3.05) is 0 Å². The maximum Gasteiger partial charge on any atom is 0.153 e. The number of carbonyl (C=O) groups is 1. The zero-order valence-electron chi connectivity index (χ0n) is 6.62. The molecule has 0 spiro atoms. The molecule has 0 amide bonds. The lowest BCUT2D eigenvalue weighted by Gasteiger charge is -2.06. The van der Waals surface area contributed by atoms with E-state index >= 15 is 0 Å². The van der Waals surface area contributed by atoms with Crippen LogP contribution in [0.1, 0.15) is 17.2 Å². The normalized spacial score (nSPS) is 12.6. The smallest absolute Gasteiger partial charge is 0.153 e. The van der Waals surface area contributed by atoms with E-state index in [0.717, 1.165) is 6.07 Å². The fourth-order valence-electron chi connectivity index (χ4n) is 1.00. The van der Waals surface area contributed by atoms with E-state index in [4.69, 9.17) is 5.11 Å². The lowest BCUT2D eigenvalue weighted by atomic mass is 10.0. The van der Waals surface area contributed by atoms with Gasteiger partial charge >= 0.3 is 0 Å². The number of hydrogen-bond acceptors (Lipinski definition) is 2. The van der Waals surface area contributed by atoms with Crippen LogP contribution in [0.3, 0.4) is 0 Å². The van der Waals surface area contributed by atoms with Crippen molar-refractivity contribution in [1.29, 1.82) is 0 Å². The molecule has 3 heteroatoms. The topological polar surface area (TPSA) is 37.3 Å². The first kappa shape index (κ1) is 8.87. The zero-order valence-corrected chi connectivity index (χ0v) is 6.62. The molecule has 0 fully saturated rings. The number of aldehydes is 1. The Bertz CT molecular complexity index is 297. The zero-order chi connectivity index (χ0) is 9.14. The molecule has 12 heavy (non-hydrogen) atoms.